The molecular formula is C11H23N3. The van der Waals surface area contributed by atoms with Crippen LogP contribution in [0.2, 0.25) is 0 Å². The van der Waals surface area contributed by atoms with Gasteiger partial charge in [0.15, 0.2) is 0 Å². The number of hydrazine groups is 1. The van der Waals surface area contributed by atoms with Gasteiger partial charge in [-0.2, -0.15) is 0 Å². The van der Waals surface area contributed by atoms with Crippen LogP contribution in [0.4, 0.5) is 0 Å². The van der Waals surface area contributed by atoms with Crippen molar-refractivity contribution in [2.75, 3.05) is 27.2 Å². The third kappa shape index (κ3) is 1.69. The van der Waals surface area contributed by atoms with E-state index in [-0.39, 0.29) is 0 Å². The Labute approximate surface area is 87.2 Å². The van der Waals surface area contributed by atoms with Gasteiger partial charge in [0.25, 0.3) is 0 Å². The van der Waals surface area contributed by atoms with E-state index >= 15 is 0 Å². The first-order valence-corrected chi connectivity index (χ1v) is 5.80. The maximum Gasteiger partial charge on any atom is 0.0200 e. The predicted molar refractivity (Wildman–Crippen MR) is 58.8 cm³/mol. The van der Waals surface area contributed by atoms with Gasteiger partial charge in [-0.1, -0.05) is 12.8 Å². The van der Waals surface area contributed by atoms with E-state index in [1.54, 1.807) is 0 Å². The minimum absolute atomic E-state index is 0.510. The van der Waals surface area contributed by atoms with E-state index in [2.05, 4.69) is 19.0 Å². The zero-order valence-corrected chi connectivity index (χ0v) is 9.50. The average Bonchev–Trinajstić information content (AvgIpc) is 2.48. The van der Waals surface area contributed by atoms with E-state index in [4.69, 9.17) is 5.84 Å². The third-order valence-electron chi connectivity index (χ3n) is 4.15. The van der Waals surface area contributed by atoms with Crippen molar-refractivity contribution in [1.29, 1.82) is 0 Å². The van der Waals surface area contributed by atoms with E-state index in [0.717, 1.165) is 19.1 Å². The van der Waals surface area contributed by atoms with Crippen molar-refractivity contribution in [2.45, 2.75) is 38.1 Å². The van der Waals surface area contributed by atoms with Gasteiger partial charge >= 0.3 is 0 Å². The minimum Gasteiger partial charge on any atom is -0.306 e. The molecule has 0 radical (unpaired) electrons. The Bertz CT molecular complexity index is 201. The monoisotopic (exact) mass is 197 g/mol. The summed E-state index contributed by atoms with van der Waals surface area (Å²) in [5, 5.41) is 2.02. The van der Waals surface area contributed by atoms with Crippen LogP contribution in [0.25, 0.3) is 0 Å². The number of hydrogen-bond donors (Lipinski definition) is 1. The molecule has 1 heterocycles. The summed E-state index contributed by atoms with van der Waals surface area (Å²) in [6.45, 7) is 2.19. The Morgan fingerprint density at radius 3 is 2.64 bits per heavy atom. The molecule has 2 fully saturated rings. The second kappa shape index (κ2) is 3.80. The van der Waals surface area contributed by atoms with Gasteiger partial charge in [-0.25, -0.2) is 5.01 Å². The fourth-order valence-electron chi connectivity index (χ4n) is 3.50. The number of nitrogens with zero attached hydrogens (tertiary/aromatic N) is 2. The van der Waals surface area contributed by atoms with E-state index in [9.17, 15) is 0 Å². The molecule has 2 aliphatic rings. The molecule has 0 bridgehead atoms. The molecule has 14 heavy (non-hydrogen) atoms. The molecular weight excluding hydrogens is 174 g/mol. The lowest BCUT2D eigenvalue weighted by molar-refractivity contribution is 0.0603. The molecule has 2 atom stereocenters. The Morgan fingerprint density at radius 2 is 2.07 bits per heavy atom. The van der Waals surface area contributed by atoms with Crippen LogP contribution in [-0.4, -0.2) is 43.1 Å². The first kappa shape index (κ1) is 10.4. The van der Waals surface area contributed by atoms with Gasteiger partial charge in [0, 0.05) is 24.5 Å². The third-order valence-corrected chi connectivity index (χ3v) is 4.15. The van der Waals surface area contributed by atoms with Gasteiger partial charge < -0.3 is 4.90 Å². The van der Waals surface area contributed by atoms with E-state index in [0.29, 0.717) is 5.41 Å². The molecule has 3 nitrogen and oxygen atoms in total. The molecule has 3 heteroatoms. The number of hydrogen-bond acceptors (Lipinski definition) is 3. The fourth-order valence-corrected chi connectivity index (χ4v) is 3.50. The highest BCUT2D eigenvalue weighted by Crippen LogP contribution is 2.44. The summed E-state index contributed by atoms with van der Waals surface area (Å²) in [5.41, 5.74) is 0.510. The summed E-state index contributed by atoms with van der Waals surface area (Å²) in [6, 6.07) is 0.754. The zero-order valence-electron chi connectivity index (χ0n) is 9.50. The normalized spacial score (nSPS) is 39.9. The highest BCUT2D eigenvalue weighted by atomic mass is 15.4. The zero-order chi connectivity index (χ0) is 10.2. The van der Waals surface area contributed by atoms with Crippen molar-refractivity contribution < 1.29 is 0 Å². The van der Waals surface area contributed by atoms with Crippen molar-refractivity contribution in [1.82, 2.24) is 9.91 Å². The van der Waals surface area contributed by atoms with Crippen LogP contribution in [0.5, 0.6) is 0 Å². The molecule has 0 amide bonds. The van der Waals surface area contributed by atoms with Crippen LogP contribution in [0.15, 0.2) is 0 Å². The summed E-state index contributed by atoms with van der Waals surface area (Å²) in [5.74, 6) is 5.92. The Kier molecular flexibility index (Phi) is 2.82. The van der Waals surface area contributed by atoms with Crippen LogP contribution in [0.3, 0.4) is 0 Å². The second-order valence-corrected chi connectivity index (χ2v) is 5.31. The summed E-state index contributed by atoms with van der Waals surface area (Å²) in [7, 11) is 4.44. The van der Waals surface area contributed by atoms with Gasteiger partial charge in [-0.15, -0.1) is 0 Å². The smallest absolute Gasteiger partial charge is 0.0200 e. The van der Waals surface area contributed by atoms with Crippen LogP contribution < -0.4 is 5.84 Å². The summed E-state index contributed by atoms with van der Waals surface area (Å²) < 4.78 is 0. The quantitative estimate of drug-likeness (QED) is 0.638. The molecule has 82 valence electrons. The standard InChI is InChI=1S/C11H23N3/c1-13(2)10-5-3-4-6-11(10)7-8-14(12)9-11/h10H,3-9,12H2,1-2H3. The Hall–Kier alpha value is -0.120. The highest BCUT2D eigenvalue weighted by molar-refractivity contribution is 4.99. The molecule has 1 aliphatic carbocycles. The maximum absolute atomic E-state index is 5.92. The predicted octanol–water partition coefficient (Wildman–Crippen LogP) is 1.06. The van der Waals surface area contributed by atoms with Gasteiger partial charge in [0.2, 0.25) is 0 Å². The van der Waals surface area contributed by atoms with E-state index in [1.165, 1.54) is 32.1 Å². The molecule has 2 N–H and O–H groups in total. The largest absolute Gasteiger partial charge is 0.306 e. The molecule has 1 saturated heterocycles. The summed E-state index contributed by atoms with van der Waals surface area (Å²) in [4.78, 5) is 2.42. The van der Waals surface area contributed by atoms with Crippen LogP contribution in [-0.2, 0) is 0 Å². The van der Waals surface area contributed by atoms with Crippen LogP contribution in [0.1, 0.15) is 32.1 Å². The SMILES string of the molecule is CN(C)C1CCCCC12CCN(N)C2. The molecule has 1 aliphatic heterocycles. The Morgan fingerprint density at radius 1 is 1.29 bits per heavy atom. The van der Waals surface area contributed by atoms with Crippen molar-refractivity contribution in [3.63, 3.8) is 0 Å². The number of nitrogens with two attached hydrogens (primary N) is 1. The van der Waals surface area contributed by atoms with E-state index in [1.807, 2.05) is 5.01 Å². The van der Waals surface area contributed by atoms with Crippen LogP contribution >= 0.6 is 0 Å². The van der Waals surface area contributed by atoms with Crippen LogP contribution in [0, 0.1) is 5.41 Å². The van der Waals surface area contributed by atoms with Gasteiger partial charge in [-0.05, 0) is 33.4 Å². The topological polar surface area (TPSA) is 32.5 Å². The first-order valence-electron chi connectivity index (χ1n) is 5.80. The second-order valence-electron chi connectivity index (χ2n) is 5.31. The average molecular weight is 197 g/mol. The lowest BCUT2D eigenvalue weighted by atomic mass is 9.69. The summed E-state index contributed by atoms with van der Waals surface area (Å²) >= 11 is 0. The maximum atomic E-state index is 5.92. The molecule has 2 unspecified atom stereocenters. The highest BCUT2D eigenvalue weighted by Gasteiger charge is 2.45. The molecule has 1 spiro atoms. The number of rotatable bonds is 1. The minimum atomic E-state index is 0.510. The van der Waals surface area contributed by atoms with Gasteiger partial charge in [0.05, 0.1) is 0 Å². The van der Waals surface area contributed by atoms with Gasteiger partial charge in [-0.3, -0.25) is 5.84 Å². The lowest BCUT2D eigenvalue weighted by Gasteiger charge is -2.44. The molecule has 0 aromatic carbocycles. The fraction of sp³-hybridized carbons (Fsp3) is 1.00. The molecule has 2 rings (SSSR count). The molecule has 1 saturated carbocycles. The van der Waals surface area contributed by atoms with Gasteiger partial charge in [0.1, 0.15) is 0 Å². The lowest BCUT2D eigenvalue weighted by Crippen LogP contribution is -2.49. The van der Waals surface area contributed by atoms with Crippen molar-refractivity contribution in [3.05, 3.63) is 0 Å². The van der Waals surface area contributed by atoms with Crippen molar-refractivity contribution >= 4 is 0 Å². The van der Waals surface area contributed by atoms with E-state index < -0.39 is 0 Å². The molecule has 0 aromatic rings. The first-order chi connectivity index (χ1) is 6.64. The summed E-state index contributed by atoms with van der Waals surface area (Å²) in [6.07, 6.45) is 6.84. The van der Waals surface area contributed by atoms with Crippen molar-refractivity contribution in [3.8, 4) is 0 Å². The molecule has 0 aromatic heterocycles. The Balaban J connectivity index is 2.13. The van der Waals surface area contributed by atoms with Crippen molar-refractivity contribution in [2.24, 2.45) is 11.3 Å².